The molecule has 2 saturated heterocycles. The zero-order chi connectivity index (χ0) is 16.1. The third kappa shape index (κ3) is 2.36. The third-order valence-electron chi connectivity index (χ3n) is 6.61. The molecule has 1 saturated carbocycles. The minimum Gasteiger partial charge on any atom is -0.369 e. The van der Waals surface area contributed by atoms with Gasteiger partial charge in [-0.05, 0) is 68.7 Å². The lowest BCUT2D eigenvalue weighted by Crippen LogP contribution is -2.43. The standard InChI is InChI=1S/C19H26N2O2S/c22-18(21-11-14-2-1-3-15(14)12-21)16-10-13-4-9-23-19(17(13)24-16)5-7-20-8-6-19/h10,14-15,20H,1-9,11-12H2/t14-,15+. The highest BCUT2D eigenvalue weighted by atomic mass is 32.1. The first-order valence-corrected chi connectivity index (χ1v) is 10.3. The molecule has 1 aliphatic carbocycles. The molecule has 5 rings (SSSR count). The highest BCUT2D eigenvalue weighted by molar-refractivity contribution is 7.14. The first-order valence-electron chi connectivity index (χ1n) is 9.52. The first-order chi connectivity index (χ1) is 11.8. The van der Waals surface area contributed by atoms with E-state index < -0.39 is 0 Å². The summed E-state index contributed by atoms with van der Waals surface area (Å²) in [5.74, 6) is 1.80. The van der Waals surface area contributed by atoms with Crippen molar-refractivity contribution in [2.75, 3.05) is 32.8 Å². The van der Waals surface area contributed by atoms with Crippen LogP contribution in [0.1, 0.15) is 52.2 Å². The molecule has 3 fully saturated rings. The monoisotopic (exact) mass is 346 g/mol. The molecule has 0 aromatic carbocycles. The predicted molar refractivity (Wildman–Crippen MR) is 94.5 cm³/mol. The smallest absolute Gasteiger partial charge is 0.263 e. The van der Waals surface area contributed by atoms with Gasteiger partial charge in [0.05, 0.1) is 11.5 Å². The molecule has 4 nitrogen and oxygen atoms in total. The maximum Gasteiger partial charge on any atom is 0.263 e. The molecule has 130 valence electrons. The second-order valence-corrected chi connectivity index (χ2v) is 9.02. The second kappa shape index (κ2) is 5.82. The van der Waals surface area contributed by atoms with Crippen LogP contribution in [0.3, 0.4) is 0 Å². The molecule has 5 heteroatoms. The summed E-state index contributed by atoms with van der Waals surface area (Å²) >= 11 is 1.72. The highest BCUT2D eigenvalue weighted by Gasteiger charge is 2.43. The summed E-state index contributed by atoms with van der Waals surface area (Å²) in [5.41, 5.74) is 1.25. The Labute approximate surface area is 147 Å². The zero-order valence-electron chi connectivity index (χ0n) is 14.2. The largest absolute Gasteiger partial charge is 0.369 e. The number of nitrogens with zero attached hydrogens (tertiary/aromatic N) is 1. The van der Waals surface area contributed by atoms with Crippen LogP contribution in [0.15, 0.2) is 6.07 Å². The van der Waals surface area contributed by atoms with Crippen molar-refractivity contribution in [1.82, 2.24) is 10.2 Å². The molecular weight excluding hydrogens is 320 g/mol. The molecule has 1 aromatic heterocycles. The van der Waals surface area contributed by atoms with E-state index in [2.05, 4.69) is 16.3 Å². The van der Waals surface area contributed by atoms with Gasteiger partial charge < -0.3 is 15.0 Å². The maximum absolute atomic E-state index is 13.1. The Morgan fingerprint density at radius 2 is 2.00 bits per heavy atom. The van der Waals surface area contributed by atoms with Crippen molar-refractivity contribution in [3.63, 3.8) is 0 Å². The zero-order valence-corrected chi connectivity index (χ0v) is 15.0. The number of amides is 1. The number of likely N-dealkylation sites (tertiary alicyclic amines) is 1. The fraction of sp³-hybridized carbons (Fsp3) is 0.737. The minimum absolute atomic E-state index is 0.121. The summed E-state index contributed by atoms with van der Waals surface area (Å²) < 4.78 is 6.26. The number of carbonyl (C=O) groups excluding carboxylic acids is 1. The van der Waals surface area contributed by atoms with Gasteiger partial charge in [0, 0.05) is 18.0 Å². The van der Waals surface area contributed by atoms with Crippen LogP contribution >= 0.6 is 11.3 Å². The number of piperidine rings is 1. The van der Waals surface area contributed by atoms with E-state index in [-0.39, 0.29) is 11.5 Å². The van der Waals surface area contributed by atoms with Crippen molar-refractivity contribution in [2.24, 2.45) is 11.8 Å². The minimum atomic E-state index is -0.121. The number of thiophene rings is 1. The van der Waals surface area contributed by atoms with E-state index in [0.29, 0.717) is 0 Å². The van der Waals surface area contributed by atoms with Gasteiger partial charge in [-0.15, -0.1) is 11.3 Å². The van der Waals surface area contributed by atoms with Crippen LogP contribution in [0.4, 0.5) is 0 Å². The number of ether oxygens (including phenoxy) is 1. The summed E-state index contributed by atoms with van der Waals surface area (Å²) in [6.45, 7) is 4.78. The van der Waals surface area contributed by atoms with Crippen LogP contribution in [0.5, 0.6) is 0 Å². The normalized spacial score (nSPS) is 31.2. The Morgan fingerprint density at radius 1 is 1.25 bits per heavy atom. The molecule has 2 atom stereocenters. The van der Waals surface area contributed by atoms with Crippen molar-refractivity contribution >= 4 is 17.2 Å². The third-order valence-corrected chi connectivity index (χ3v) is 7.96. The van der Waals surface area contributed by atoms with E-state index in [1.807, 2.05) is 0 Å². The molecule has 1 aromatic rings. The van der Waals surface area contributed by atoms with Crippen molar-refractivity contribution in [3.8, 4) is 0 Å². The maximum atomic E-state index is 13.1. The Balaban J connectivity index is 1.41. The lowest BCUT2D eigenvalue weighted by Gasteiger charge is -2.40. The van der Waals surface area contributed by atoms with Gasteiger partial charge in [0.15, 0.2) is 0 Å². The van der Waals surface area contributed by atoms with E-state index in [1.165, 1.54) is 29.7 Å². The molecule has 1 spiro atoms. The SMILES string of the molecule is O=C(c1cc2c(s1)C1(CCNCC1)OCC2)N1C[C@H]2CCC[C@H]2C1. The van der Waals surface area contributed by atoms with Crippen molar-refractivity contribution < 1.29 is 9.53 Å². The van der Waals surface area contributed by atoms with Crippen molar-refractivity contribution in [1.29, 1.82) is 0 Å². The van der Waals surface area contributed by atoms with Gasteiger partial charge in [0.25, 0.3) is 5.91 Å². The quantitative estimate of drug-likeness (QED) is 0.850. The molecule has 1 amide bonds. The van der Waals surface area contributed by atoms with Crippen LogP contribution in [0.2, 0.25) is 0 Å². The molecule has 24 heavy (non-hydrogen) atoms. The van der Waals surface area contributed by atoms with E-state index in [9.17, 15) is 4.79 Å². The topological polar surface area (TPSA) is 41.6 Å². The second-order valence-electron chi connectivity index (χ2n) is 7.97. The van der Waals surface area contributed by atoms with E-state index in [0.717, 1.165) is 68.8 Å². The summed E-state index contributed by atoms with van der Waals surface area (Å²) in [6, 6.07) is 2.18. The van der Waals surface area contributed by atoms with Crippen LogP contribution in [0, 0.1) is 11.8 Å². The first kappa shape index (κ1) is 15.4. The fourth-order valence-corrected chi connectivity index (χ4v) is 6.66. The van der Waals surface area contributed by atoms with E-state index in [4.69, 9.17) is 4.74 Å². The number of hydrogen-bond donors (Lipinski definition) is 1. The number of hydrogen-bond acceptors (Lipinski definition) is 4. The lowest BCUT2D eigenvalue weighted by atomic mass is 9.86. The molecular formula is C19H26N2O2S. The number of carbonyl (C=O) groups is 1. The van der Waals surface area contributed by atoms with Gasteiger partial charge >= 0.3 is 0 Å². The van der Waals surface area contributed by atoms with Crippen molar-refractivity contribution in [3.05, 3.63) is 21.4 Å². The van der Waals surface area contributed by atoms with Gasteiger partial charge in [-0.25, -0.2) is 0 Å². The van der Waals surface area contributed by atoms with Gasteiger partial charge in [-0.3, -0.25) is 4.79 Å². The average molecular weight is 346 g/mol. The number of nitrogens with one attached hydrogen (secondary N) is 1. The summed E-state index contributed by atoms with van der Waals surface area (Å²) in [4.78, 5) is 17.5. The molecule has 3 aliphatic heterocycles. The Hall–Kier alpha value is -0.910. The predicted octanol–water partition coefficient (Wildman–Crippen LogP) is 2.77. The van der Waals surface area contributed by atoms with E-state index >= 15 is 0 Å². The van der Waals surface area contributed by atoms with Crippen LogP contribution in [-0.4, -0.2) is 43.6 Å². The van der Waals surface area contributed by atoms with Crippen LogP contribution in [0.25, 0.3) is 0 Å². The molecule has 4 aliphatic rings. The van der Waals surface area contributed by atoms with Crippen molar-refractivity contribution in [2.45, 2.75) is 44.1 Å². The van der Waals surface area contributed by atoms with Crippen LogP contribution < -0.4 is 5.32 Å². The summed E-state index contributed by atoms with van der Waals surface area (Å²) in [5, 5.41) is 3.43. The molecule has 0 unspecified atom stereocenters. The highest BCUT2D eigenvalue weighted by Crippen LogP contribution is 2.45. The molecule has 4 heterocycles. The molecule has 0 bridgehead atoms. The van der Waals surface area contributed by atoms with Gasteiger partial charge in [-0.2, -0.15) is 0 Å². The lowest BCUT2D eigenvalue weighted by molar-refractivity contribution is -0.0771. The van der Waals surface area contributed by atoms with Gasteiger partial charge in [-0.1, -0.05) is 6.42 Å². The Kier molecular flexibility index (Phi) is 3.72. The Morgan fingerprint density at radius 3 is 2.75 bits per heavy atom. The molecule has 1 N–H and O–H groups in total. The number of rotatable bonds is 1. The van der Waals surface area contributed by atoms with E-state index in [1.54, 1.807) is 11.3 Å². The Bertz CT molecular complexity index is 638. The van der Waals surface area contributed by atoms with Gasteiger partial charge in [0.2, 0.25) is 0 Å². The summed E-state index contributed by atoms with van der Waals surface area (Å²) in [6.07, 6.45) is 7.01. The average Bonchev–Trinajstić information content (AvgIpc) is 3.29. The number of fused-ring (bicyclic) bond motifs is 3. The van der Waals surface area contributed by atoms with Gasteiger partial charge in [0.1, 0.15) is 5.60 Å². The summed E-state index contributed by atoms with van der Waals surface area (Å²) in [7, 11) is 0. The molecule has 0 radical (unpaired) electrons. The fourth-order valence-electron chi connectivity index (χ4n) is 5.29. The van der Waals surface area contributed by atoms with Crippen LogP contribution in [-0.2, 0) is 16.8 Å².